The largest absolute Gasteiger partial charge is 0.394 e. The average Bonchev–Trinajstić information content (AvgIpc) is 2.74. The monoisotopic (exact) mass is 426 g/mol. The Morgan fingerprint density at radius 3 is 2.47 bits per heavy atom. The molecule has 0 saturated carbocycles. The minimum Gasteiger partial charge on any atom is -0.394 e. The van der Waals surface area contributed by atoms with E-state index in [0.717, 1.165) is 12.1 Å². The lowest BCUT2D eigenvalue weighted by molar-refractivity contribution is 0.0168. The van der Waals surface area contributed by atoms with Crippen LogP contribution in [0.15, 0.2) is 30.8 Å². The molecule has 0 fully saturated rings. The van der Waals surface area contributed by atoms with E-state index in [9.17, 15) is 18.0 Å². The summed E-state index contributed by atoms with van der Waals surface area (Å²) in [6, 6.07) is 4.93. The maximum Gasteiger partial charge on any atom is 0.277 e. The Morgan fingerprint density at radius 2 is 1.83 bits per heavy atom. The van der Waals surface area contributed by atoms with Crippen molar-refractivity contribution in [2.24, 2.45) is 0 Å². The Bertz CT molecular complexity index is 908. The van der Waals surface area contributed by atoms with Crippen molar-refractivity contribution in [3.8, 4) is 0 Å². The quantitative estimate of drug-likeness (QED) is 0.326. The fraction of sp³-hybridized carbons (Fsp3) is 0.250. The molecule has 0 atom stereocenters. The van der Waals surface area contributed by atoms with Crippen LogP contribution in [0.5, 0.6) is 0 Å². The highest BCUT2D eigenvalue weighted by Crippen LogP contribution is 2.30. The summed E-state index contributed by atoms with van der Waals surface area (Å²) in [5, 5.41) is 19.9. The van der Waals surface area contributed by atoms with Crippen LogP contribution in [0.3, 0.4) is 0 Å². The SMILES string of the molecule is C=Cc1ccc(Nc2c(C(=O)NOCCO)cc(COCCO)c(F)c2F)c(F)c1. The van der Waals surface area contributed by atoms with Crippen LogP contribution in [0.25, 0.3) is 6.08 Å². The molecule has 0 unspecified atom stereocenters. The highest BCUT2D eigenvalue weighted by molar-refractivity contribution is 6.00. The van der Waals surface area contributed by atoms with Gasteiger partial charge in [0.1, 0.15) is 5.82 Å². The minimum atomic E-state index is -1.43. The molecule has 7 nitrogen and oxygen atoms in total. The van der Waals surface area contributed by atoms with E-state index >= 15 is 0 Å². The number of amides is 1. The molecule has 0 aliphatic heterocycles. The molecule has 162 valence electrons. The van der Waals surface area contributed by atoms with Gasteiger partial charge in [-0.1, -0.05) is 18.7 Å². The van der Waals surface area contributed by atoms with Crippen molar-refractivity contribution in [3.63, 3.8) is 0 Å². The van der Waals surface area contributed by atoms with Gasteiger partial charge in [0, 0.05) is 5.56 Å². The molecular weight excluding hydrogens is 405 g/mol. The number of aliphatic hydroxyl groups is 2. The number of hydrogen-bond acceptors (Lipinski definition) is 6. The molecule has 0 saturated heterocycles. The first kappa shape index (κ1) is 23.4. The Hall–Kier alpha value is -2.92. The van der Waals surface area contributed by atoms with Gasteiger partial charge in [-0.15, -0.1) is 0 Å². The molecule has 2 rings (SSSR count). The van der Waals surface area contributed by atoms with Gasteiger partial charge in [0.25, 0.3) is 5.91 Å². The number of halogens is 3. The van der Waals surface area contributed by atoms with E-state index in [1.54, 1.807) is 0 Å². The maximum absolute atomic E-state index is 14.8. The summed E-state index contributed by atoms with van der Waals surface area (Å²) >= 11 is 0. The van der Waals surface area contributed by atoms with Crippen molar-refractivity contribution in [3.05, 3.63) is 65.0 Å². The molecule has 2 aromatic carbocycles. The van der Waals surface area contributed by atoms with Crippen molar-refractivity contribution >= 4 is 23.4 Å². The van der Waals surface area contributed by atoms with Crippen molar-refractivity contribution in [1.82, 2.24) is 5.48 Å². The highest BCUT2D eigenvalue weighted by atomic mass is 19.2. The molecule has 30 heavy (non-hydrogen) atoms. The number of rotatable bonds is 11. The van der Waals surface area contributed by atoms with E-state index in [-0.39, 0.29) is 43.2 Å². The van der Waals surface area contributed by atoms with Crippen LogP contribution < -0.4 is 10.8 Å². The minimum absolute atomic E-state index is 0.122. The summed E-state index contributed by atoms with van der Waals surface area (Å²) in [5.41, 5.74) is 0.958. The van der Waals surface area contributed by atoms with Gasteiger partial charge in [-0.25, -0.2) is 18.7 Å². The molecule has 2 aromatic rings. The standard InChI is InChI=1S/C20H21F3N2O5/c1-2-12-3-4-16(15(21)9-12)24-19-14(20(28)25-30-8-6-27)10-13(11-29-7-5-26)17(22)18(19)23/h2-4,9-10,24,26-27H,1,5-8,11H2,(H,25,28). The summed E-state index contributed by atoms with van der Waals surface area (Å²) in [4.78, 5) is 17.2. The van der Waals surface area contributed by atoms with Gasteiger partial charge in [-0.2, -0.15) is 0 Å². The molecule has 1 amide bonds. The fourth-order valence-corrected chi connectivity index (χ4v) is 2.44. The molecule has 0 aromatic heterocycles. The van der Waals surface area contributed by atoms with Crippen LogP contribution in [0.1, 0.15) is 21.5 Å². The molecule has 10 heteroatoms. The second kappa shape index (κ2) is 11.3. The van der Waals surface area contributed by atoms with Crippen LogP contribution in [0.4, 0.5) is 24.5 Å². The van der Waals surface area contributed by atoms with Gasteiger partial charge < -0.3 is 20.3 Å². The molecule has 0 aliphatic rings. The number of hydroxylamine groups is 1. The van der Waals surface area contributed by atoms with E-state index in [2.05, 4.69) is 11.9 Å². The van der Waals surface area contributed by atoms with E-state index in [4.69, 9.17) is 19.8 Å². The third kappa shape index (κ3) is 5.80. The van der Waals surface area contributed by atoms with Gasteiger partial charge in [-0.3, -0.25) is 9.63 Å². The normalized spacial score (nSPS) is 10.7. The average molecular weight is 426 g/mol. The van der Waals surface area contributed by atoms with Gasteiger partial charge in [0.05, 0.1) is 50.0 Å². The molecular formula is C20H21F3N2O5. The van der Waals surface area contributed by atoms with E-state index in [0.29, 0.717) is 5.56 Å². The van der Waals surface area contributed by atoms with E-state index in [1.165, 1.54) is 18.2 Å². The third-order valence-corrected chi connectivity index (χ3v) is 3.87. The van der Waals surface area contributed by atoms with Gasteiger partial charge >= 0.3 is 0 Å². The smallest absolute Gasteiger partial charge is 0.277 e. The first-order valence-corrected chi connectivity index (χ1v) is 8.84. The molecule has 0 aliphatic carbocycles. The molecule has 0 radical (unpaired) electrons. The molecule has 0 heterocycles. The van der Waals surface area contributed by atoms with Crippen LogP contribution in [-0.2, 0) is 16.2 Å². The first-order chi connectivity index (χ1) is 14.4. The van der Waals surface area contributed by atoms with Crippen LogP contribution in [0.2, 0.25) is 0 Å². The number of carbonyl (C=O) groups excluding carboxylic acids is 1. The lowest BCUT2D eigenvalue weighted by Gasteiger charge is -2.17. The number of benzene rings is 2. The number of ether oxygens (including phenoxy) is 1. The van der Waals surface area contributed by atoms with E-state index < -0.39 is 35.7 Å². The van der Waals surface area contributed by atoms with E-state index in [1.807, 2.05) is 5.48 Å². The van der Waals surface area contributed by atoms with Gasteiger partial charge in [-0.05, 0) is 23.8 Å². The predicted molar refractivity (Wildman–Crippen MR) is 103 cm³/mol. The number of hydrogen-bond donors (Lipinski definition) is 4. The Balaban J connectivity index is 2.46. The lowest BCUT2D eigenvalue weighted by Crippen LogP contribution is -2.26. The first-order valence-electron chi connectivity index (χ1n) is 8.84. The fourth-order valence-electron chi connectivity index (χ4n) is 2.44. The van der Waals surface area contributed by atoms with Crippen molar-refractivity contribution in [2.45, 2.75) is 6.61 Å². The van der Waals surface area contributed by atoms with Crippen LogP contribution in [-0.4, -0.2) is 42.5 Å². The van der Waals surface area contributed by atoms with Gasteiger partial charge in [0.2, 0.25) is 0 Å². The highest BCUT2D eigenvalue weighted by Gasteiger charge is 2.24. The summed E-state index contributed by atoms with van der Waals surface area (Å²) in [6.07, 6.45) is 1.41. The van der Waals surface area contributed by atoms with Gasteiger partial charge in [0.15, 0.2) is 11.6 Å². The number of nitrogens with one attached hydrogen (secondary N) is 2. The zero-order valence-corrected chi connectivity index (χ0v) is 15.9. The number of anilines is 2. The summed E-state index contributed by atoms with van der Waals surface area (Å²) in [7, 11) is 0. The number of carbonyl (C=O) groups is 1. The van der Waals surface area contributed by atoms with Crippen molar-refractivity contribution < 1.29 is 37.8 Å². The molecule has 0 bridgehead atoms. The lowest BCUT2D eigenvalue weighted by atomic mass is 10.1. The second-order valence-corrected chi connectivity index (χ2v) is 5.93. The Morgan fingerprint density at radius 1 is 1.10 bits per heavy atom. The predicted octanol–water partition coefficient (Wildman–Crippen LogP) is 2.65. The topological polar surface area (TPSA) is 100 Å². The third-order valence-electron chi connectivity index (χ3n) is 3.87. The molecule has 0 spiro atoms. The number of aliphatic hydroxyl groups excluding tert-OH is 2. The van der Waals surface area contributed by atoms with Crippen LogP contribution >= 0.6 is 0 Å². The second-order valence-electron chi connectivity index (χ2n) is 5.93. The van der Waals surface area contributed by atoms with Crippen LogP contribution in [0, 0.1) is 17.5 Å². The zero-order chi connectivity index (χ0) is 22.1. The summed E-state index contributed by atoms with van der Waals surface area (Å²) < 4.78 is 48.6. The molecule has 4 N–H and O–H groups in total. The Labute approximate surface area is 170 Å². The van der Waals surface area contributed by atoms with Crippen molar-refractivity contribution in [2.75, 3.05) is 31.7 Å². The zero-order valence-electron chi connectivity index (χ0n) is 15.9. The summed E-state index contributed by atoms with van der Waals surface area (Å²) in [6.45, 7) is 2.04. The maximum atomic E-state index is 14.8. The Kier molecular flexibility index (Phi) is 8.81. The summed E-state index contributed by atoms with van der Waals surface area (Å²) in [5.74, 6) is -4.46. The van der Waals surface area contributed by atoms with Crippen molar-refractivity contribution in [1.29, 1.82) is 0 Å².